The number of carboxylic acid groups (broad SMARTS) is 1. The van der Waals surface area contributed by atoms with Crippen molar-refractivity contribution in [2.45, 2.75) is 50.6 Å². The smallest absolute Gasteiger partial charge is 0.326 e. The van der Waals surface area contributed by atoms with E-state index >= 15 is 0 Å². The van der Waals surface area contributed by atoms with Crippen LogP contribution in [0.4, 0.5) is 11.4 Å². The molecule has 0 spiro atoms. The van der Waals surface area contributed by atoms with E-state index in [1.54, 1.807) is 36.4 Å². The number of anilines is 2. The molecule has 0 aromatic heterocycles. The highest BCUT2D eigenvalue weighted by atomic mass is 16.5. The summed E-state index contributed by atoms with van der Waals surface area (Å²) in [6, 6.07) is 33.8. The van der Waals surface area contributed by atoms with Crippen LogP contribution in [0.3, 0.4) is 0 Å². The van der Waals surface area contributed by atoms with E-state index in [1.165, 1.54) is 37.8 Å². The Labute approximate surface area is 248 Å². The van der Waals surface area contributed by atoms with Crippen LogP contribution in [0.15, 0.2) is 109 Å². The van der Waals surface area contributed by atoms with Gasteiger partial charge in [-0.3, -0.25) is 4.79 Å². The summed E-state index contributed by atoms with van der Waals surface area (Å²) in [6.45, 7) is 1.37. The molecular formula is C36H38N2O4. The van der Waals surface area contributed by atoms with E-state index in [0.29, 0.717) is 29.5 Å². The lowest BCUT2D eigenvalue weighted by Gasteiger charge is -2.36. The van der Waals surface area contributed by atoms with Crippen LogP contribution in [0.2, 0.25) is 0 Å². The Kier molecular flexibility index (Phi) is 9.89. The molecule has 1 saturated carbocycles. The van der Waals surface area contributed by atoms with Gasteiger partial charge in [0.05, 0.1) is 6.54 Å². The maximum Gasteiger partial charge on any atom is 0.326 e. The number of nitrogens with one attached hydrogen (secondary N) is 1. The molecule has 216 valence electrons. The summed E-state index contributed by atoms with van der Waals surface area (Å²) < 4.78 is 6.12. The van der Waals surface area contributed by atoms with E-state index in [1.807, 2.05) is 48.5 Å². The average Bonchev–Trinajstić information content (AvgIpc) is 3.04. The Bertz CT molecular complexity index is 1430. The number of carbonyl (C=O) groups is 2. The number of hydrogen-bond donors (Lipinski definition) is 2. The van der Waals surface area contributed by atoms with Crippen molar-refractivity contribution >= 4 is 23.1 Å². The molecule has 4 aromatic carbocycles. The Balaban J connectivity index is 1.20. The van der Waals surface area contributed by atoms with Crippen LogP contribution >= 0.6 is 0 Å². The Morgan fingerprint density at radius 2 is 1.45 bits per heavy atom. The fraction of sp³-hybridized carbons (Fsp3) is 0.278. The summed E-state index contributed by atoms with van der Waals surface area (Å²) >= 11 is 0. The topological polar surface area (TPSA) is 78.9 Å². The van der Waals surface area contributed by atoms with Crippen LogP contribution in [0.1, 0.15) is 53.6 Å². The first kappa shape index (κ1) is 28.9. The van der Waals surface area contributed by atoms with Gasteiger partial charge in [-0.2, -0.15) is 0 Å². The molecule has 0 saturated heterocycles. The normalized spacial score (nSPS) is 14.1. The first-order valence-electron chi connectivity index (χ1n) is 14.8. The molecule has 0 aliphatic heterocycles. The maximum atomic E-state index is 13.1. The zero-order chi connectivity index (χ0) is 29.1. The fourth-order valence-corrected chi connectivity index (χ4v) is 5.69. The second-order valence-corrected chi connectivity index (χ2v) is 10.8. The standard InChI is InChI=1S/C36H38N2O4/c39-35(28-12-4-1-5-13-28)32-18-10-11-19-33(32)37-34(36(40)41)26-27-20-22-31(23-21-27)42-25-24-38(29-14-6-2-7-15-29)30-16-8-3-9-17-30/h1-2,4-7,10-15,18-23,30,34,37H,3,8-9,16-17,24-26H2,(H,40,41). The summed E-state index contributed by atoms with van der Waals surface area (Å²) in [5, 5.41) is 13.1. The Morgan fingerprint density at radius 1 is 0.810 bits per heavy atom. The van der Waals surface area contributed by atoms with Crippen LogP contribution < -0.4 is 15.0 Å². The van der Waals surface area contributed by atoms with Crippen LogP contribution in [-0.2, 0) is 11.2 Å². The molecule has 6 nitrogen and oxygen atoms in total. The summed E-state index contributed by atoms with van der Waals surface area (Å²) in [7, 11) is 0. The minimum absolute atomic E-state index is 0.154. The van der Waals surface area contributed by atoms with Crippen LogP contribution in [0, 0.1) is 0 Å². The SMILES string of the molecule is O=C(c1ccccc1)c1ccccc1NC(Cc1ccc(OCCN(c2ccccc2)C2CCCCC2)cc1)C(=O)O. The van der Waals surface area contributed by atoms with E-state index < -0.39 is 12.0 Å². The number of nitrogens with zero attached hydrogens (tertiary/aromatic N) is 1. The number of para-hydroxylation sites is 2. The largest absolute Gasteiger partial charge is 0.492 e. The fourth-order valence-electron chi connectivity index (χ4n) is 5.69. The minimum Gasteiger partial charge on any atom is -0.492 e. The molecule has 1 aliphatic carbocycles. The molecule has 0 bridgehead atoms. The first-order valence-corrected chi connectivity index (χ1v) is 14.8. The van der Waals surface area contributed by atoms with Crippen molar-refractivity contribution < 1.29 is 19.4 Å². The Hall–Kier alpha value is -4.58. The number of ether oxygens (including phenoxy) is 1. The molecule has 1 fully saturated rings. The van der Waals surface area contributed by atoms with Gasteiger partial charge >= 0.3 is 5.97 Å². The molecule has 0 radical (unpaired) electrons. The van der Waals surface area contributed by atoms with Crippen molar-refractivity contribution in [2.75, 3.05) is 23.4 Å². The van der Waals surface area contributed by atoms with E-state index in [0.717, 1.165) is 17.9 Å². The first-order chi connectivity index (χ1) is 20.6. The summed E-state index contributed by atoms with van der Waals surface area (Å²) in [6.07, 6.45) is 6.56. The predicted molar refractivity (Wildman–Crippen MR) is 168 cm³/mol. The second kappa shape index (κ2) is 14.4. The summed E-state index contributed by atoms with van der Waals surface area (Å²) in [4.78, 5) is 27.8. The van der Waals surface area contributed by atoms with Gasteiger partial charge in [-0.1, -0.05) is 92.1 Å². The zero-order valence-corrected chi connectivity index (χ0v) is 23.8. The number of hydrogen-bond acceptors (Lipinski definition) is 5. The van der Waals surface area contributed by atoms with Gasteiger partial charge in [0.15, 0.2) is 5.78 Å². The third kappa shape index (κ3) is 7.58. The Morgan fingerprint density at radius 3 is 2.14 bits per heavy atom. The van der Waals surface area contributed by atoms with E-state index in [2.05, 4.69) is 34.5 Å². The molecule has 5 rings (SSSR count). The summed E-state index contributed by atoms with van der Waals surface area (Å²) in [5.41, 5.74) is 3.60. The maximum absolute atomic E-state index is 13.1. The van der Waals surface area contributed by atoms with Gasteiger partial charge in [0.1, 0.15) is 18.4 Å². The lowest BCUT2D eigenvalue weighted by Crippen LogP contribution is -2.39. The molecule has 1 unspecified atom stereocenters. The van der Waals surface area contributed by atoms with E-state index in [9.17, 15) is 14.7 Å². The average molecular weight is 563 g/mol. The lowest BCUT2D eigenvalue weighted by molar-refractivity contribution is -0.137. The van der Waals surface area contributed by atoms with Crippen LogP contribution in [0.25, 0.3) is 0 Å². The van der Waals surface area contributed by atoms with Crippen LogP contribution in [-0.4, -0.2) is 42.1 Å². The minimum atomic E-state index is -0.985. The molecule has 1 atom stereocenters. The second-order valence-electron chi connectivity index (χ2n) is 10.8. The molecule has 6 heteroatoms. The van der Waals surface area contributed by atoms with Gasteiger partial charge in [-0.15, -0.1) is 0 Å². The van der Waals surface area contributed by atoms with E-state index in [-0.39, 0.29) is 12.2 Å². The predicted octanol–water partition coefficient (Wildman–Crippen LogP) is 7.24. The van der Waals surface area contributed by atoms with Crippen molar-refractivity contribution in [1.29, 1.82) is 0 Å². The quantitative estimate of drug-likeness (QED) is 0.167. The molecular weight excluding hydrogens is 524 g/mol. The lowest BCUT2D eigenvalue weighted by atomic mass is 9.94. The van der Waals surface area contributed by atoms with Crippen molar-refractivity contribution in [1.82, 2.24) is 0 Å². The molecule has 4 aromatic rings. The highest BCUT2D eigenvalue weighted by molar-refractivity contribution is 6.12. The van der Waals surface area contributed by atoms with Gasteiger partial charge in [0.25, 0.3) is 0 Å². The van der Waals surface area contributed by atoms with Crippen molar-refractivity contribution in [2.24, 2.45) is 0 Å². The molecule has 0 amide bonds. The summed E-state index contributed by atoms with van der Waals surface area (Å²) in [5.74, 6) is -0.381. The number of carboxylic acids is 1. The number of rotatable bonds is 13. The van der Waals surface area contributed by atoms with E-state index in [4.69, 9.17) is 4.74 Å². The number of aliphatic carboxylic acids is 1. The van der Waals surface area contributed by atoms with Crippen molar-refractivity contribution in [3.05, 3.63) is 126 Å². The molecule has 42 heavy (non-hydrogen) atoms. The van der Waals surface area contributed by atoms with Crippen molar-refractivity contribution in [3.63, 3.8) is 0 Å². The highest BCUT2D eigenvalue weighted by Crippen LogP contribution is 2.27. The third-order valence-electron chi connectivity index (χ3n) is 7.90. The number of carbonyl (C=O) groups excluding carboxylic acids is 1. The third-order valence-corrected chi connectivity index (χ3v) is 7.90. The molecule has 0 heterocycles. The number of ketones is 1. The number of benzene rings is 4. The highest BCUT2D eigenvalue weighted by Gasteiger charge is 2.23. The van der Waals surface area contributed by atoms with Gasteiger partial charge in [-0.25, -0.2) is 4.79 Å². The monoisotopic (exact) mass is 562 g/mol. The molecule has 2 N–H and O–H groups in total. The van der Waals surface area contributed by atoms with Gasteiger partial charge in [-0.05, 0) is 54.8 Å². The van der Waals surface area contributed by atoms with Crippen LogP contribution in [0.5, 0.6) is 5.75 Å². The zero-order valence-electron chi connectivity index (χ0n) is 23.8. The van der Waals surface area contributed by atoms with Crippen molar-refractivity contribution in [3.8, 4) is 5.75 Å². The van der Waals surface area contributed by atoms with Gasteiger partial charge in [0.2, 0.25) is 0 Å². The van der Waals surface area contributed by atoms with Gasteiger partial charge < -0.3 is 20.1 Å². The van der Waals surface area contributed by atoms with Gasteiger partial charge in [0, 0.05) is 35.0 Å². The molecule has 1 aliphatic rings.